The Morgan fingerprint density at radius 2 is 2.35 bits per heavy atom. The van der Waals surface area contributed by atoms with Crippen LogP contribution in [0.5, 0.6) is 0 Å². The molecule has 0 aliphatic heterocycles. The molecule has 1 saturated carbocycles. The second-order valence-corrected chi connectivity index (χ2v) is 3.84. The van der Waals surface area contributed by atoms with Crippen molar-refractivity contribution in [1.29, 1.82) is 0 Å². The molecule has 0 bridgehead atoms. The van der Waals surface area contributed by atoms with Crippen molar-refractivity contribution >= 4 is 17.5 Å². The summed E-state index contributed by atoms with van der Waals surface area (Å²) in [7, 11) is 0. The van der Waals surface area contributed by atoms with Gasteiger partial charge in [0.05, 0.1) is 11.5 Å². The summed E-state index contributed by atoms with van der Waals surface area (Å²) in [6, 6.07) is 0.204. The first-order valence-electron chi connectivity index (χ1n) is 5.28. The van der Waals surface area contributed by atoms with Gasteiger partial charge in [-0.25, -0.2) is 4.98 Å². The summed E-state index contributed by atoms with van der Waals surface area (Å²) in [5.41, 5.74) is 5.27. The largest absolute Gasteiger partial charge is 0.395 e. The van der Waals surface area contributed by atoms with E-state index < -0.39 is 4.92 Å². The van der Waals surface area contributed by atoms with Crippen molar-refractivity contribution in [2.75, 3.05) is 23.8 Å². The van der Waals surface area contributed by atoms with Crippen LogP contribution >= 0.6 is 0 Å². The maximum Gasteiger partial charge on any atom is 0.329 e. The number of aromatic nitrogens is 2. The van der Waals surface area contributed by atoms with Gasteiger partial charge in [-0.15, -0.1) is 0 Å². The van der Waals surface area contributed by atoms with Gasteiger partial charge < -0.3 is 15.7 Å². The van der Waals surface area contributed by atoms with Gasteiger partial charge in [-0.3, -0.25) is 10.1 Å². The molecule has 1 aromatic heterocycles. The molecule has 92 valence electrons. The zero-order chi connectivity index (χ0) is 12.4. The highest BCUT2D eigenvalue weighted by Gasteiger charge is 2.34. The first-order valence-corrected chi connectivity index (χ1v) is 5.28. The van der Waals surface area contributed by atoms with Crippen LogP contribution in [0.2, 0.25) is 0 Å². The molecule has 8 nitrogen and oxygen atoms in total. The number of hydrogen-bond acceptors (Lipinski definition) is 7. The molecule has 0 aromatic carbocycles. The number of aliphatic hydroxyl groups excluding tert-OH is 1. The van der Waals surface area contributed by atoms with Crippen LogP contribution in [-0.4, -0.2) is 39.2 Å². The monoisotopic (exact) mass is 239 g/mol. The van der Waals surface area contributed by atoms with Crippen molar-refractivity contribution in [2.45, 2.75) is 18.9 Å². The Hall–Kier alpha value is -1.96. The van der Waals surface area contributed by atoms with Gasteiger partial charge >= 0.3 is 5.69 Å². The van der Waals surface area contributed by atoms with Crippen LogP contribution in [0.15, 0.2) is 6.20 Å². The van der Waals surface area contributed by atoms with E-state index in [-0.39, 0.29) is 30.1 Å². The minimum Gasteiger partial charge on any atom is -0.395 e. The van der Waals surface area contributed by atoms with Crippen molar-refractivity contribution in [3.63, 3.8) is 0 Å². The van der Waals surface area contributed by atoms with E-state index in [0.717, 1.165) is 19.0 Å². The zero-order valence-electron chi connectivity index (χ0n) is 9.11. The number of nitrogens with zero attached hydrogens (tertiary/aromatic N) is 4. The van der Waals surface area contributed by atoms with Crippen LogP contribution in [0.25, 0.3) is 0 Å². The Morgan fingerprint density at radius 3 is 2.88 bits per heavy atom. The predicted octanol–water partition coefficient (Wildman–Crippen LogP) is -0.0719. The summed E-state index contributed by atoms with van der Waals surface area (Å²) in [5.74, 6) is 0.188. The second kappa shape index (κ2) is 4.50. The fourth-order valence-corrected chi connectivity index (χ4v) is 1.68. The van der Waals surface area contributed by atoms with Gasteiger partial charge in [-0.05, 0) is 12.8 Å². The van der Waals surface area contributed by atoms with E-state index in [2.05, 4.69) is 9.97 Å². The summed E-state index contributed by atoms with van der Waals surface area (Å²) in [4.78, 5) is 19.6. The molecule has 0 atom stereocenters. The molecule has 0 unspecified atom stereocenters. The molecule has 1 aliphatic rings. The van der Waals surface area contributed by atoms with E-state index in [1.165, 1.54) is 0 Å². The fourth-order valence-electron chi connectivity index (χ4n) is 1.68. The van der Waals surface area contributed by atoms with Crippen molar-refractivity contribution in [2.24, 2.45) is 0 Å². The molecule has 1 aromatic rings. The lowest BCUT2D eigenvalue weighted by molar-refractivity contribution is -0.384. The summed E-state index contributed by atoms with van der Waals surface area (Å²) in [5, 5.41) is 19.9. The van der Waals surface area contributed by atoms with Crippen LogP contribution in [-0.2, 0) is 0 Å². The van der Waals surface area contributed by atoms with Gasteiger partial charge in [-0.1, -0.05) is 0 Å². The van der Waals surface area contributed by atoms with Gasteiger partial charge in [0.25, 0.3) is 0 Å². The van der Waals surface area contributed by atoms with Crippen LogP contribution in [0.4, 0.5) is 17.5 Å². The van der Waals surface area contributed by atoms with E-state index in [9.17, 15) is 10.1 Å². The predicted molar refractivity (Wildman–Crippen MR) is 60.6 cm³/mol. The molecule has 1 aliphatic carbocycles. The van der Waals surface area contributed by atoms with Gasteiger partial charge in [0.1, 0.15) is 6.20 Å². The van der Waals surface area contributed by atoms with E-state index >= 15 is 0 Å². The van der Waals surface area contributed by atoms with Gasteiger partial charge in [0.2, 0.25) is 11.8 Å². The van der Waals surface area contributed by atoms with Crippen LogP contribution in [0.3, 0.4) is 0 Å². The molecule has 0 saturated heterocycles. The van der Waals surface area contributed by atoms with Crippen LogP contribution in [0, 0.1) is 10.1 Å². The third kappa shape index (κ3) is 2.41. The topological polar surface area (TPSA) is 118 Å². The first kappa shape index (κ1) is 11.5. The molecule has 0 amide bonds. The molecule has 8 heteroatoms. The summed E-state index contributed by atoms with van der Waals surface area (Å²) in [6.45, 7) is 0.222. The average Bonchev–Trinajstić information content (AvgIpc) is 3.09. The Labute approximate surface area is 97.2 Å². The molecule has 3 N–H and O–H groups in total. The Bertz CT molecular complexity index is 435. The number of nitrogens with two attached hydrogens (primary N) is 1. The SMILES string of the molecule is Nc1ncc([N+](=O)[O-])c(N(CCO)C2CC2)n1. The molecule has 0 radical (unpaired) electrons. The lowest BCUT2D eigenvalue weighted by atomic mass is 10.4. The number of hydrogen-bond donors (Lipinski definition) is 2. The Balaban J connectivity index is 2.39. The van der Waals surface area contributed by atoms with E-state index in [1.54, 1.807) is 4.90 Å². The van der Waals surface area contributed by atoms with E-state index in [1.807, 2.05) is 0 Å². The molecular weight excluding hydrogens is 226 g/mol. The quantitative estimate of drug-likeness (QED) is 0.545. The summed E-state index contributed by atoms with van der Waals surface area (Å²) < 4.78 is 0. The Morgan fingerprint density at radius 1 is 1.65 bits per heavy atom. The highest BCUT2D eigenvalue weighted by atomic mass is 16.6. The third-order valence-corrected chi connectivity index (χ3v) is 2.57. The maximum atomic E-state index is 10.9. The maximum absolute atomic E-state index is 10.9. The average molecular weight is 239 g/mol. The molecular formula is C9H13N5O3. The van der Waals surface area contributed by atoms with E-state index in [0.29, 0.717) is 6.54 Å². The van der Waals surface area contributed by atoms with Gasteiger partial charge in [-0.2, -0.15) is 4.98 Å². The second-order valence-electron chi connectivity index (χ2n) is 3.84. The number of aliphatic hydroxyl groups is 1. The standard InChI is InChI=1S/C9H13N5O3/c10-9-11-5-7(14(16)17)8(12-9)13(3-4-15)6-1-2-6/h5-6,15H,1-4H2,(H2,10,11,12). The lowest BCUT2D eigenvalue weighted by Crippen LogP contribution is -2.30. The molecule has 17 heavy (non-hydrogen) atoms. The number of anilines is 2. The van der Waals surface area contributed by atoms with Crippen molar-refractivity contribution in [3.8, 4) is 0 Å². The first-order chi connectivity index (χ1) is 8.13. The number of rotatable bonds is 5. The smallest absolute Gasteiger partial charge is 0.329 e. The van der Waals surface area contributed by atoms with Crippen molar-refractivity contribution in [3.05, 3.63) is 16.3 Å². The fraction of sp³-hybridized carbons (Fsp3) is 0.556. The molecule has 0 spiro atoms. The summed E-state index contributed by atoms with van der Waals surface area (Å²) in [6.07, 6.45) is 2.99. The van der Waals surface area contributed by atoms with Crippen molar-refractivity contribution < 1.29 is 10.0 Å². The van der Waals surface area contributed by atoms with Crippen molar-refractivity contribution in [1.82, 2.24) is 9.97 Å². The normalized spacial score (nSPS) is 14.6. The third-order valence-electron chi connectivity index (χ3n) is 2.57. The highest BCUT2D eigenvalue weighted by molar-refractivity contribution is 5.59. The van der Waals surface area contributed by atoms with Gasteiger partial charge in [0, 0.05) is 12.6 Å². The van der Waals surface area contributed by atoms with Gasteiger partial charge in [0.15, 0.2) is 0 Å². The van der Waals surface area contributed by atoms with Crippen LogP contribution in [0.1, 0.15) is 12.8 Å². The molecule has 2 rings (SSSR count). The molecule has 1 fully saturated rings. The van der Waals surface area contributed by atoms with E-state index in [4.69, 9.17) is 10.8 Å². The lowest BCUT2D eigenvalue weighted by Gasteiger charge is -2.21. The minimum absolute atomic E-state index is 0.00538. The Kier molecular flexibility index (Phi) is 3.05. The van der Waals surface area contributed by atoms with Crippen LogP contribution < -0.4 is 10.6 Å². The summed E-state index contributed by atoms with van der Waals surface area (Å²) >= 11 is 0. The minimum atomic E-state index is -0.540. The highest BCUT2D eigenvalue weighted by Crippen LogP contribution is 2.35. The number of nitrogen functional groups attached to an aromatic ring is 1. The molecule has 1 heterocycles. The number of nitro groups is 1. The zero-order valence-corrected chi connectivity index (χ0v) is 9.11.